The number of benzene rings is 1. The van der Waals surface area contributed by atoms with E-state index in [1.807, 2.05) is 6.07 Å². The van der Waals surface area contributed by atoms with Gasteiger partial charge in [0.05, 0.1) is 17.6 Å². The third-order valence-electron chi connectivity index (χ3n) is 3.53. The van der Waals surface area contributed by atoms with Gasteiger partial charge in [-0.05, 0) is 34.3 Å². The first-order valence-corrected chi connectivity index (χ1v) is 7.51. The Morgan fingerprint density at radius 1 is 1.26 bits per heavy atom. The van der Waals surface area contributed by atoms with E-state index in [9.17, 15) is 10.1 Å². The van der Waals surface area contributed by atoms with Crippen molar-refractivity contribution in [2.45, 2.75) is 51.2 Å². The molecule has 0 aliphatic heterocycles. The van der Waals surface area contributed by atoms with Gasteiger partial charge < -0.3 is 4.74 Å². The first-order chi connectivity index (χ1) is 9.18. The fourth-order valence-corrected chi connectivity index (χ4v) is 2.96. The van der Waals surface area contributed by atoms with Crippen LogP contribution in [0.5, 0.6) is 0 Å². The summed E-state index contributed by atoms with van der Waals surface area (Å²) in [6.45, 7) is 0.437. The van der Waals surface area contributed by atoms with E-state index in [0.29, 0.717) is 17.2 Å². The van der Waals surface area contributed by atoms with Crippen molar-refractivity contribution in [2.24, 2.45) is 0 Å². The Kier molecular flexibility index (Phi) is 5.34. The maximum atomic E-state index is 10.9. The van der Waals surface area contributed by atoms with E-state index in [-0.39, 0.29) is 10.6 Å². The molecule has 0 unspecified atom stereocenters. The van der Waals surface area contributed by atoms with Gasteiger partial charge in [0.1, 0.15) is 4.47 Å². The zero-order chi connectivity index (χ0) is 13.7. The Morgan fingerprint density at radius 2 is 1.95 bits per heavy atom. The largest absolute Gasteiger partial charge is 0.373 e. The van der Waals surface area contributed by atoms with Crippen LogP contribution in [-0.2, 0) is 11.3 Å². The molecule has 5 heteroatoms. The lowest BCUT2D eigenvalue weighted by Crippen LogP contribution is -2.11. The second kappa shape index (κ2) is 7.01. The van der Waals surface area contributed by atoms with Crippen molar-refractivity contribution in [3.8, 4) is 0 Å². The highest BCUT2D eigenvalue weighted by Crippen LogP contribution is 2.29. The Hall–Kier alpha value is -0.940. The lowest BCUT2D eigenvalue weighted by Gasteiger charge is -2.15. The lowest BCUT2D eigenvalue weighted by atomic mass is 10.1. The molecule has 104 valence electrons. The van der Waals surface area contributed by atoms with Crippen LogP contribution in [0.3, 0.4) is 0 Å². The monoisotopic (exact) mass is 327 g/mol. The third-order valence-corrected chi connectivity index (χ3v) is 4.45. The van der Waals surface area contributed by atoms with Crippen molar-refractivity contribution >= 4 is 21.6 Å². The molecule has 1 fully saturated rings. The van der Waals surface area contributed by atoms with Crippen molar-refractivity contribution in [1.82, 2.24) is 0 Å². The van der Waals surface area contributed by atoms with E-state index in [4.69, 9.17) is 4.74 Å². The highest BCUT2D eigenvalue weighted by molar-refractivity contribution is 9.10. The van der Waals surface area contributed by atoms with Crippen LogP contribution in [0.25, 0.3) is 0 Å². The van der Waals surface area contributed by atoms with Crippen molar-refractivity contribution < 1.29 is 9.66 Å². The molecule has 4 nitrogen and oxygen atoms in total. The molecule has 0 radical (unpaired) electrons. The van der Waals surface area contributed by atoms with Crippen LogP contribution in [0, 0.1) is 10.1 Å². The van der Waals surface area contributed by atoms with Crippen molar-refractivity contribution in [1.29, 1.82) is 0 Å². The minimum absolute atomic E-state index is 0.0990. The Balaban J connectivity index is 1.99. The van der Waals surface area contributed by atoms with Crippen LogP contribution >= 0.6 is 15.9 Å². The van der Waals surface area contributed by atoms with E-state index in [1.54, 1.807) is 6.07 Å². The number of hydrogen-bond donors (Lipinski definition) is 0. The molecule has 19 heavy (non-hydrogen) atoms. The molecular weight excluding hydrogens is 310 g/mol. The fraction of sp³-hybridized carbons (Fsp3) is 0.571. The van der Waals surface area contributed by atoms with Gasteiger partial charge >= 0.3 is 0 Å². The van der Waals surface area contributed by atoms with E-state index in [0.717, 1.165) is 18.4 Å². The maximum absolute atomic E-state index is 10.9. The van der Waals surface area contributed by atoms with Crippen molar-refractivity contribution in [3.63, 3.8) is 0 Å². The minimum atomic E-state index is -0.376. The van der Waals surface area contributed by atoms with Gasteiger partial charge in [-0.2, -0.15) is 0 Å². The predicted molar refractivity (Wildman–Crippen MR) is 77.1 cm³/mol. The molecule has 1 saturated carbocycles. The van der Waals surface area contributed by atoms with Gasteiger partial charge in [-0.15, -0.1) is 0 Å². The smallest absolute Gasteiger partial charge is 0.283 e. The molecule has 0 N–H and O–H groups in total. The molecular formula is C14H18BrNO3. The summed E-state index contributed by atoms with van der Waals surface area (Å²) in [7, 11) is 0. The van der Waals surface area contributed by atoms with Gasteiger partial charge in [0.15, 0.2) is 0 Å². The first kappa shape index (κ1) is 14.5. The molecule has 0 heterocycles. The summed E-state index contributed by atoms with van der Waals surface area (Å²) < 4.78 is 6.45. The summed E-state index contributed by atoms with van der Waals surface area (Å²) >= 11 is 3.30. The van der Waals surface area contributed by atoms with Crippen LogP contribution < -0.4 is 0 Å². The molecule has 0 saturated heterocycles. The van der Waals surface area contributed by atoms with Gasteiger partial charge in [0.2, 0.25) is 0 Å². The maximum Gasteiger partial charge on any atom is 0.283 e. The molecule has 0 amide bonds. The molecule has 1 aliphatic carbocycles. The average molecular weight is 328 g/mol. The molecule has 1 aromatic rings. The molecule has 2 rings (SSSR count). The summed E-state index contributed by atoms with van der Waals surface area (Å²) in [5.74, 6) is 0. The average Bonchev–Trinajstić information content (AvgIpc) is 2.66. The normalized spacial score (nSPS) is 17.1. The van der Waals surface area contributed by atoms with Crippen LogP contribution in [0.2, 0.25) is 0 Å². The number of nitrogens with zero attached hydrogens (tertiary/aromatic N) is 1. The highest BCUT2D eigenvalue weighted by atomic mass is 79.9. The van der Waals surface area contributed by atoms with E-state index < -0.39 is 0 Å². The Bertz CT molecular complexity index is 442. The fourth-order valence-electron chi connectivity index (χ4n) is 2.43. The minimum Gasteiger partial charge on any atom is -0.373 e. The number of nitro groups is 1. The summed E-state index contributed by atoms with van der Waals surface area (Å²) in [5, 5.41) is 10.9. The quantitative estimate of drug-likeness (QED) is 0.461. The summed E-state index contributed by atoms with van der Waals surface area (Å²) in [4.78, 5) is 10.5. The molecule has 1 aromatic carbocycles. The van der Waals surface area contributed by atoms with Gasteiger partial charge in [-0.1, -0.05) is 37.8 Å². The molecule has 0 aromatic heterocycles. The van der Waals surface area contributed by atoms with Crippen LogP contribution in [-0.4, -0.2) is 11.0 Å². The zero-order valence-electron chi connectivity index (χ0n) is 10.8. The number of hydrogen-bond acceptors (Lipinski definition) is 3. The topological polar surface area (TPSA) is 52.4 Å². The summed E-state index contributed by atoms with van der Waals surface area (Å²) in [5.41, 5.74) is 0.945. The van der Waals surface area contributed by atoms with Gasteiger partial charge in [0, 0.05) is 6.07 Å². The standard InChI is InChI=1S/C14H18BrNO3/c15-14-11(6-5-9-13(14)16(17)18)10-19-12-7-3-1-2-4-8-12/h5-6,9,12H,1-4,7-8,10H2. The Morgan fingerprint density at radius 3 is 2.58 bits per heavy atom. The predicted octanol–water partition coefficient (Wildman–Crippen LogP) is 4.60. The number of nitro benzene ring substituents is 1. The number of rotatable bonds is 4. The van der Waals surface area contributed by atoms with E-state index in [1.165, 1.54) is 31.7 Å². The number of ether oxygens (including phenoxy) is 1. The second-order valence-corrected chi connectivity index (χ2v) is 5.72. The van der Waals surface area contributed by atoms with Gasteiger partial charge in [0.25, 0.3) is 5.69 Å². The van der Waals surface area contributed by atoms with E-state index in [2.05, 4.69) is 15.9 Å². The van der Waals surface area contributed by atoms with Crippen LogP contribution in [0.1, 0.15) is 44.1 Å². The zero-order valence-corrected chi connectivity index (χ0v) is 12.4. The molecule has 0 atom stereocenters. The van der Waals surface area contributed by atoms with Crippen molar-refractivity contribution in [3.05, 3.63) is 38.3 Å². The van der Waals surface area contributed by atoms with Crippen LogP contribution in [0.15, 0.2) is 22.7 Å². The first-order valence-electron chi connectivity index (χ1n) is 6.72. The highest BCUT2D eigenvalue weighted by Gasteiger charge is 2.17. The third kappa shape index (κ3) is 4.01. The van der Waals surface area contributed by atoms with Crippen molar-refractivity contribution in [2.75, 3.05) is 0 Å². The second-order valence-electron chi connectivity index (χ2n) is 4.93. The molecule has 0 spiro atoms. The summed E-state index contributed by atoms with van der Waals surface area (Å²) in [6, 6.07) is 5.07. The molecule has 0 bridgehead atoms. The lowest BCUT2D eigenvalue weighted by molar-refractivity contribution is -0.385. The van der Waals surface area contributed by atoms with Gasteiger partial charge in [-0.25, -0.2) is 0 Å². The number of halogens is 1. The molecule has 1 aliphatic rings. The van der Waals surface area contributed by atoms with E-state index >= 15 is 0 Å². The van der Waals surface area contributed by atoms with Crippen LogP contribution in [0.4, 0.5) is 5.69 Å². The summed E-state index contributed by atoms with van der Waals surface area (Å²) in [6.07, 6.45) is 7.54. The Labute approximate surface area is 121 Å². The van der Waals surface area contributed by atoms with Gasteiger partial charge in [-0.3, -0.25) is 10.1 Å². The SMILES string of the molecule is O=[N+]([O-])c1cccc(COC2CCCCCC2)c1Br.